The third-order valence-corrected chi connectivity index (χ3v) is 7.87. The van der Waals surface area contributed by atoms with Crippen molar-refractivity contribution in [1.29, 1.82) is 0 Å². The van der Waals surface area contributed by atoms with Crippen LogP contribution in [0, 0.1) is 5.41 Å². The van der Waals surface area contributed by atoms with Crippen LogP contribution < -0.4 is 4.90 Å². The lowest BCUT2D eigenvalue weighted by Crippen LogP contribution is -2.50. The lowest BCUT2D eigenvalue weighted by molar-refractivity contribution is -0.139. The largest absolute Gasteiger partial charge is 0.393 e. The standard InChI is InChI=1S/C26H34N6O3/c1-30(2)23(34)22-9-4-18(14-27-22)19-15-28-25(29-16-19)31-12-3-10-26(17-31)11-13-32(24(26)35)20-5-7-21(33)8-6-20/h4,9,14-16,20-21,33H,3,5-8,10-13,17H2,1-2H3/t20?,21?,26-/m1/s1. The fourth-order valence-corrected chi connectivity index (χ4v) is 5.80. The number of hydrogen-bond acceptors (Lipinski definition) is 7. The van der Waals surface area contributed by atoms with Crippen LogP contribution in [0.1, 0.15) is 55.4 Å². The van der Waals surface area contributed by atoms with Crippen LogP contribution >= 0.6 is 0 Å². The Kier molecular flexibility index (Phi) is 6.44. The predicted octanol–water partition coefficient (Wildman–Crippen LogP) is 2.36. The topological polar surface area (TPSA) is 103 Å². The van der Waals surface area contributed by atoms with Crippen molar-refractivity contribution in [1.82, 2.24) is 24.8 Å². The van der Waals surface area contributed by atoms with E-state index in [1.54, 1.807) is 38.8 Å². The number of likely N-dealkylation sites (tertiary alicyclic amines) is 1. The number of piperidine rings is 1. The van der Waals surface area contributed by atoms with E-state index in [-0.39, 0.29) is 29.4 Å². The molecule has 9 heteroatoms. The highest BCUT2D eigenvalue weighted by Gasteiger charge is 2.51. The van der Waals surface area contributed by atoms with E-state index in [0.717, 1.165) is 69.2 Å². The molecule has 9 nitrogen and oxygen atoms in total. The summed E-state index contributed by atoms with van der Waals surface area (Å²) in [6, 6.07) is 3.84. The highest BCUT2D eigenvalue weighted by molar-refractivity contribution is 5.92. The highest BCUT2D eigenvalue weighted by Crippen LogP contribution is 2.43. The Balaban J connectivity index is 1.26. The van der Waals surface area contributed by atoms with Crippen LogP contribution in [0.5, 0.6) is 0 Å². The van der Waals surface area contributed by atoms with Gasteiger partial charge in [0.2, 0.25) is 11.9 Å². The molecule has 1 N–H and O–H groups in total. The highest BCUT2D eigenvalue weighted by atomic mass is 16.3. The molecule has 1 spiro atoms. The van der Waals surface area contributed by atoms with E-state index in [9.17, 15) is 14.7 Å². The minimum Gasteiger partial charge on any atom is -0.393 e. The fourth-order valence-electron chi connectivity index (χ4n) is 5.80. The van der Waals surface area contributed by atoms with Crippen LogP contribution in [-0.4, -0.2) is 87.5 Å². The van der Waals surface area contributed by atoms with Crippen molar-refractivity contribution >= 4 is 17.8 Å². The zero-order chi connectivity index (χ0) is 24.6. The number of pyridine rings is 1. The first-order chi connectivity index (χ1) is 16.9. The lowest BCUT2D eigenvalue weighted by atomic mass is 9.78. The van der Waals surface area contributed by atoms with E-state index >= 15 is 0 Å². The number of rotatable bonds is 4. The number of nitrogens with zero attached hydrogens (tertiary/aromatic N) is 6. The van der Waals surface area contributed by atoms with Gasteiger partial charge in [0.1, 0.15) is 5.69 Å². The molecule has 3 fully saturated rings. The smallest absolute Gasteiger partial charge is 0.271 e. The third-order valence-electron chi connectivity index (χ3n) is 7.87. The van der Waals surface area contributed by atoms with Crippen LogP contribution in [0.15, 0.2) is 30.7 Å². The molecule has 2 aromatic heterocycles. The number of aliphatic hydroxyl groups is 1. The van der Waals surface area contributed by atoms with E-state index in [2.05, 4.69) is 24.8 Å². The van der Waals surface area contributed by atoms with Gasteiger partial charge < -0.3 is 19.8 Å². The molecule has 1 atom stereocenters. The average Bonchev–Trinajstić information content (AvgIpc) is 3.19. The van der Waals surface area contributed by atoms with Gasteiger partial charge >= 0.3 is 0 Å². The van der Waals surface area contributed by atoms with Crippen LogP contribution in [0.3, 0.4) is 0 Å². The molecule has 2 amide bonds. The summed E-state index contributed by atoms with van der Waals surface area (Å²) < 4.78 is 0. The molecule has 35 heavy (non-hydrogen) atoms. The second-order valence-corrected chi connectivity index (χ2v) is 10.4. The predicted molar refractivity (Wildman–Crippen MR) is 132 cm³/mol. The summed E-state index contributed by atoms with van der Waals surface area (Å²) in [6.07, 6.45) is 11.1. The molecular weight excluding hydrogens is 444 g/mol. The molecule has 2 aliphatic heterocycles. The Morgan fingerprint density at radius 3 is 2.37 bits per heavy atom. The maximum Gasteiger partial charge on any atom is 0.271 e. The van der Waals surface area contributed by atoms with Crippen molar-refractivity contribution < 1.29 is 14.7 Å². The average molecular weight is 479 g/mol. The molecule has 1 aliphatic carbocycles. The molecule has 3 aliphatic rings. The van der Waals surface area contributed by atoms with Gasteiger partial charge in [0.15, 0.2) is 0 Å². The minimum atomic E-state index is -0.352. The zero-order valence-corrected chi connectivity index (χ0v) is 20.6. The van der Waals surface area contributed by atoms with Gasteiger partial charge in [0, 0.05) is 69.5 Å². The van der Waals surface area contributed by atoms with Crippen molar-refractivity contribution in [2.24, 2.45) is 5.41 Å². The van der Waals surface area contributed by atoms with Gasteiger partial charge in [0.25, 0.3) is 5.91 Å². The molecule has 2 saturated heterocycles. The molecule has 0 aromatic carbocycles. The Bertz CT molecular complexity index is 1070. The van der Waals surface area contributed by atoms with Crippen molar-refractivity contribution in [3.63, 3.8) is 0 Å². The van der Waals surface area contributed by atoms with Crippen LogP contribution in [-0.2, 0) is 4.79 Å². The monoisotopic (exact) mass is 478 g/mol. The quantitative estimate of drug-likeness (QED) is 0.720. The van der Waals surface area contributed by atoms with Crippen molar-refractivity contribution in [2.45, 2.75) is 57.1 Å². The van der Waals surface area contributed by atoms with Gasteiger partial charge in [-0.05, 0) is 51.0 Å². The summed E-state index contributed by atoms with van der Waals surface area (Å²) in [5.41, 5.74) is 1.73. The summed E-state index contributed by atoms with van der Waals surface area (Å²) >= 11 is 0. The van der Waals surface area contributed by atoms with E-state index in [1.807, 2.05) is 6.07 Å². The number of hydrogen-bond donors (Lipinski definition) is 1. The summed E-state index contributed by atoms with van der Waals surface area (Å²) in [7, 11) is 3.40. The van der Waals surface area contributed by atoms with Gasteiger partial charge in [-0.2, -0.15) is 0 Å². The summed E-state index contributed by atoms with van der Waals surface area (Å²) in [4.78, 5) is 44.9. The van der Waals surface area contributed by atoms with Gasteiger partial charge in [-0.3, -0.25) is 14.6 Å². The fraction of sp³-hybridized carbons (Fsp3) is 0.577. The second-order valence-electron chi connectivity index (χ2n) is 10.4. The Hall–Kier alpha value is -3.07. The zero-order valence-electron chi connectivity index (χ0n) is 20.6. The van der Waals surface area contributed by atoms with Gasteiger partial charge in [-0.15, -0.1) is 0 Å². The number of anilines is 1. The summed E-state index contributed by atoms with van der Waals surface area (Å²) in [6.45, 7) is 2.30. The number of aromatic nitrogens is 3. The lowest BCUT2D eigenvalue weighted by Gasteiger charge is -2.40. The Morgan fingerprint density at radius 1 is 1.00 bits per heavy atom. The molecule has 4 heterocycles. The van der Waals surface area contributed by atoms with Crippen LogP contribution in [0.4, 0.5) is 5.95 Å². The molecule has 1 saturated carbocycles. The molecule has 0 unspecified atom stereocenters. The van der Waals surface area contributed by atoms with Crippen molar-refractivity contribution in [3.8, 4) is 11.1 Å². The first kappa shape index (κ1) is 23.7. The van der Waals surface area contributed by atoms with Crippen molar-refractivity contribution in [2.75, 3.05) is 38.6 Å². The van der Waals surface area contributed by atoms with E-state index in [1.165, 1.54) is 4.90 Å². The number of carbonyl (C=O) groups excluding carboxylic acids is 2. The number of carbonyl (C=O) groups is 2. The Labute approximate surface area is 206 Å². The van der Waals surface area contributed by atoms with Gasteiger partial charge in [-0.1, -0.05) is 6.07 Å². The number of aliphatic hydroxyl groups excluding tert-OH is 1. The molecule has 0 radical (unpaired) electrons. The maximum atomic E-state index is 13.6. The summed E-state index contributed by atoms with van der Waals surface area (Å²) in [5.74, 6) is 0.786. The molecule has 186 valence electrons. The van der Waals surface area contributed by atoms with Crippen LogP contribution in [0.2, 0.25) is 0 Å². The number of amides is 2. The normalized spacial score (nSPS) is 26.9. The third kappa shape index (κ3) is 4.61. The SMILES string of the molecule is CN(C)C(=O)c1ccc(-c2cnc(N3CCC[C@@]4(CCN(C5CCC(O)CC5)C4=O)C3)nc2)cn1. The van der Waals surface area contributed by atoms with Gasteiger partial charge in [-0.25, -0.2) is 9.97 Å². The second kappa shape index (κ2) is 9.53. The molecule has 2 aromatic rings. The van der Waals surface area contributed by atoms with E-state index in [4.69, 9.17) is 0 Å². The van der Waals surface area contributed by atoms with E-state index in [0.29, 0.717) is 18.2 Å². The Morgan fingerprint density at radius 2 is 1.71 bits per heavy atom. The molecule has 5 rings (SSSR count). The first-order valence-electron chi connectivity index (χ1n) is 12.6. The maximum absolute atomic E-state index is 13.6. The minimum absolute atomic E-state index is 0.136. The molecule has 0 bridgehead atoms. The van der Waals surface area contributed by atoms with Gasteiger partial charge in [0.05, 0.1) is 11.5 Å². The van der Waals surface area contributed by atoms with Crippen molar-refractivity contribution in [3.05, 3.63) is 36.4 Å². The summed E-state index contributed by atoms with van der Waals surface area (Å²) in [5, 5.41) is 9.84. The van der Waals surface area contributed by atoms with Crippen LogP contribution in [0.25, 0.3) is 11.1 Å². The molecular formula is C26H34N6O3. The van der Waals surface area contributed by atoms with E-state index < -0.39 is 0 Å². The first-order valence-corrected chi connectivity index (χ1v) is 12.6.